The zero-order valence-electron chi connectivity index (χ0n) is 10.4. The van der Waals surface area contributed by atoms with E-state index in [9.17, 15) is 0 Å². The largest absolute Gasteiger partial charge is 0.381 e. The highest BCUT2D eigenvalue weighted by molar-refractivity contribution is 6.29. The quantitative estimate of drug-likeness (QED) is 0.852. The molecule has 2 heterocycles. The zero-order valence-corrected chi connectivity index (χ0v) is 11.1. The van der Waals surface area contributed by atoms with Gasteiger partial charge in [-0.1, -0.05) is 11.6 Å². The highest BCUT2D eigenvalue weighted by Gasteiger charge is 2.27. The van der Waals surface area contributed by atoms with Crippen molar-refractivity contribution >= 4 is 17.4 Å². The molecule has 2 fully saturated rings. The summed E-state index contributed by atoms with van der Waals surface area (Å²) in [6, 6.07) is 1.80. The van der Waals surface area contributed by atoms with Gasteiger partial charge in [0.25, 0.3) is 0 Å². The van der Waals surface area contributed by atoms with Crippen LogP contribution in [0.15, 0.2) is 6.07 Å². The van der Waals surface area contributed by atoms with Gasteiger partial charge in [0.1, 0.15) is 16.8 Å². The van der Waals surface area contributed by atoms with Crippen LogP contribution in [0.25, 0.3) is 0 Å². The lowest BCUT2D eigenvalue weighted by Crippen LogP contribution is -2.24. The van der Waals surface area contributed by atoms with Crippen molar-refractivity contribution < 1.29 is 4.74 Å². The summed E-state index contributed by atoms with van der Waals surface area (Å²) in [6.07, 6.45) is 4.76. The van der Waals surface area contributed by atoms with Gasteiger partial charge >= 0.3 is 0 Å². The first-order valence-electron chi connectivity index (χ1n) is 6.67. The van der Waals surface area contributed by atoms with E-state index in [4.69, 9.17) is 16.3 Å². The number of ether oxygens (including phenoxy) is 1. The lowest BCUT2D eigenvalue weighted by molar-refractivity contribution is 0.0595. The molecular weight excluding hydrogens is 250 g/mol. The van der Waals surface area contributed by atoms with E-state index >= 15 is 0 Å². The summed E-state index contributed by atoms with van der Waals surface area (Å²) < 4.78 is 5.47. The summed E-state index contributed by atoms with van der Waals surface area (Å²) in [5, 5.41) is 3.90. The molecule has 0 aromatic carbocycles. The maximum Gasteiger partial charge on any atom is 0.135 e. The first-order valence-corrected chi connectivity index (χ1v) is 7.05. The highest BCUT2D eigenvalue weighted by atomic mass is 35.5. The third-order valence-electron chi connectivity index (χ3n) is 3.48. The molecule has 1 aromatic rings. The lowest BCUT2D eigenvalue weighted by Gasteiger charge is -2.22. The SMILES string of the molecule is Clc1cc(NCC2CCCOC2)nc(C2CC2)n1. The number of rotatable bonds is 4. The Labute approximate surface area is 112 Å². The van der Waals surface area contributed by atoms with E-state index in [1.165, 1.54) is 19.3 Å². The molecule has 1 atom stereocenters. The van der Waals surface area contributed by atoms with Crippen LogP contribution in [0.5, 0.6) is 0 Å². The van der Waals surface area contributed by atoms with Crippen molar-refractivity contribution in [1.82, 2.24) is 9.97 Å². The van der Waals surface area contributed by atoms with Crippen LogP contribution < -0.4 is 5.32 Å². The summed E-state index contributed by atoms with van der Waals surface area (Å²) in [5.41, 5.74) is 0. The van der Waals surface area contributed by atoms with Crippen LogP contribution in [0.4, 0.5) is 5.82 Å². The number of hydrogen-bond donors (Lipinski definition) is 1. The third-order valence-corrected chi connectivity index (χ3v) is 3.67. The molecule has 1 unspecified atom stereocenters. The molecule has 0 bridgehead atoms. The van der Waals surface area contributed by atoms with Gasteiger partial charge in [0, 0.05) is 25.1 Å². The van der Waals surface area contributed by atoms with Gasteiger partial charge in [0.2, 0.25) is 0 Å². The topological polar surface area (TPSA) is 47.0 Å². The Morgan fingerprint density at radius 3 is 2.94 bits per heavy atom. The van der Waals surface area contributed by atoms with Crippen LogP contribution >= 0.6 is 11.6 Å². The van der Waals surface area contributed by atoms with Gasteiger partial charge < -0.3 is 10.1 Å². The van der Waals surface area contributed by atoms with Crippen molar-refractivity contribution in [2.24, 2.45) is 5.92 Å². The summed E-state index contributed by atoms with van der Waals surface area (Å²) in [7, 11) is 0. The molecule has 98 valence electrons. The van der Waals surface area contributed by atoms with E-state index in [0.717, 1.165) is 37.8 Å². The average molecular weight is 268 g/mol. The molecule has 1 saturated carbocycles. The Hall–Kier alpha value is -0.870. The molecule has 4 nitrogen and oxygen atoms in total. The molecule has 2 aliphatic rings. The molecule has 0 amide bonds. The van der Waals surface area contributed by atoms with Crippen molar-refractivity contribution in [2.75, 3.05) is 25.1 Å². The Balaban J connectivity index is 1.60. The second-order valence-electron chi connectivity index (χ2n) is 5.17. The normalized spacial score (nSPS) is 23.9. The van der Waals surface area contributed by atoms with E-state index in [0.29, 0.717) is 17.0 Å². The van der Waals surface area contributed by atoms with Gasteiger partial charge in [-0.2, -0.15) is 0 Å². The van der Waals surface area contributed by atoms with Crippen LogP contribution in [-0.4, -0.2) is 29.7 Å². The standard InChI is InChI=1S/C13H18ClN3O/c14-11-6-12(17-13(16-11)10-3-4-10)15-7-9-2-1-5-18-8-9/h6,9-10H,1-5,7-8H2,(H,15,16,17). The molecule has 5 heteroatoms. The predicted octanol–water partition coefficient (Wildman–Crippen LogP) is 2.85. The fourth-order valence-corrected chi connectivity index (χ4v) is 2.46. The Kier molecular flexibility index (Phi) is 3.66. The van der Waals surface area contributed by atoms with Gasteiger partial charge in [-0.05, 0) is 31.6 Å². The van der Waals surface area contributed by atoms with E-state index in [-0.39, 0.29) is 0 Å². The monoisotopic (exact) mass is 267 g/mol. The van der Waals surface area contributed by atoms with Gasteiger partial charge in [0.05, 0.1) is 6.61 Å². The highest BCUT2D eigenvalue weighted by Crippen LogP contribution is 2.38. The number of aromatic nitrogens is 2. The first-order chi connectivity index (χ1) is 8.81. The number of hydrogen-bond acceptors (Lipinski definition) is 4. The van der Waals surface area contributed by atoms with Crippen LogP contribution in [0.2, 0.25) is 5.15 Å². The second-order valence-corrected chi connectivity index (χ2v) is 5.56. The molecule has 3 rings (SSSR count). The maximum atomic E-state index is 6.03. The van der Waals surface area contributed by atoms with Crippen molar-refractivity contribution in [2.45, 2.75) is 31.6 Å². The van der Waals surface area contributed by atoms with E-state index in [2.05, 4.69) is 15.3 Å². The Morgan fingerprint density at radius 2 is 2.22 bits per heavy atom. The summed E-state index contributed by atoms with van der Waals surface area (Å²) >= 11 is 6.03. The fraction of sp³-hybridized carbons (Fsp3) is 0.692. The summed E-state index contributed by atoms with van der Waals surface area (Å²) in [6.45, 7) is 2.65. The smallest absolute Gasteiger partial charge is 0.135 e. The Morgan fingerprint density at radius 1 is 1.33 bits per heavy atom. The number of anilines is 1. The van der Waals surface area contributed by atoms with E-state index in [1.54, 1.807) is 6.07 Å². The first kappa shape index (κ1) is 12.2. The number of nitrogens with zero attached hydrogens (tertiary/aromatic N) is 2. The van der Waals surface area contributed by atoms with Crippen molar-refractivity contribution in [3.05, 3.63) is 17.0 Å². The molecule has 0 radical (unpaired) electrons. The van der Waals surface area contributed by atoms with Gasteiger partial charge in [0.15, 0.2) is 0 Å². The van der Waals surface area contributed by atoms with Crippen molar-refractivity contribution in [3.63, 3.8) is 0 Å². The van der Waals surface area contributed by atoms with Gasteiger partial charge in [-0.3, -0.25) is 0 Å². The van der Waals surface area contributed by atoms with E-state index < -0.39 is 0 Å². The van der Waals surface area contributed by atoms with E-state index in [1.807, 2.05) is 0 Å². The molecular formula is C13H18ClN3O. The maximum absolute atomic E-state index is 6.03. The molecule has 1 aromatic heterocycles. The zero-order chi connectivity index (χ0) is 12.4. The predicted molar refractivity (Wildman–Crippen MR) is 71.0 cm³/mol. The lowest BCUT2D eigenvalue weighted by atomic mass is 10.0. The molecule has 18 heavy (non-hydrogen) atoms. The van der Waals surface area contributed by atoms with Crippen LogP contribution in [0, 0.1) is 5.92 Å². The van der Waals surface area contributed by atoms with Crippen molar-refractivity contribution in [1.29, 1.82) is 0 Å². The average Bonchev–Trinajstić information content (AvgIpc) is 3.21. The van der Waals surface area contributed by atoms with Crippen LogP contribution in [0.3, 0.4) is 0 Å². The fourth-order valence-electron chi connectivity index (χ4n) is 2.27. The van der Waals surface area contributed by atoms with Crippen molar-refractivity contribution in [3.8, 4) is 0 Å². The van der Waals surface area contributed by atoms with Crippen LogP contribution in [0.1, 0.15) is 37.4 Å². The van der Waals surface area contributed by atoms with Gasteiger partial charge in [-0.15, -0.1) is 0 Å². The number of halogens is 1. The molecule has 1 saturated heterocycles. The minimum absolute atomic E-state index is 0.530. The second kappa shape index (κ2) is 5.41. The molecule has 1 aliphatic carbocycles. The molecule has 1 aliphatic heterocycles. The minimum Gasteiger partial charge on any atom is -0.381 e. The third kappa shape index (κ3) is 3.12. The Bertz CT molecular complexity index is 417. The summed E-state index contributed by atoms with van der Waals surface area (Å²) in [4.78, 5) is 8.81. The minimum atomic E-state index is 0.530. The molecule has 1 N–H and O–H groups in total. The molecule has 0 spiro atoms. The number of nitrogens with one attached hydrogen (secondary N) is 1. The van der Waals surface area contributed by atoms with Gasteiger partial charge in [-0.25, -0.2) is 9.97 Å². The summed E-state index contributed by atoms with van der Waals surface area (Å²) in [5.74, 6) is 2.85. The van der Waals surface area contributed by atoms with Crippen LogP contribution in [-0.2, 0) is 4.74 Å².